The lowest BCUT2D eigenvalue weighted by molar-refractivity contribution is 0.500. The highest BCUT2D eigenvalue weighted by Crippen LogP contribution is 2.32. The molecule has 0 radical (unpaired) electrons. The van der Waals surface area contributed by atoms with Crippen molar-refractivity contribution < 1.29 is 4.42 Å². The first-order valence-electron chi connectivity index (χ1n) is 6.69. The minimum Gasteiger partial charge on any atom is -0.466 e. The quantitative estimate of drug-likeness (QED) is 0.860. The number of hydrogen-bond donors (Lipinski definition) is 1. The summed E-state index contributed by atoms with van der Waals surface area (Å²) in [5.74, 6) is 1.93. The molecule has 3 nitrogen and oxygen atoms in total. The normalized spacial score (nSPS) is 12.3. The maximum atomic E-state index is 5.62. The number of benzene rings is 1. The molecule has 2 rings (SSSR count). The van der Waals surface area contributed by atoms with E-state index in [0.717, 1.165) is 27.4 Å². The van der Waals surface area contributed by atoms with Crippen molar-refractivity contribution >= 4 is 27.3 Å². The van der Waals surface area contributed by atoms with Gasteiger partial charge >= 0.3 is 0 Å². The lowest BCUT2D eigenvalue weighted by atomic mass is 10.1. The largest absolute Gasteiger partial charge is 0.466 e. The van der Waals surface area contributed by atoms with E-state index in [4.69, 9.17) is 4.42 Å². The minimum atomic E-state index is 0.195. The Bertz CT molecular complexity index is 605. The highest BCUT2D eigenvalue weighted by molar-refractivity contribution is 9.10. The second-order valence-corrected chi connectivity index (χ2v) is 6.21. The molecule has 2 aromatic rings. The third-order valence-electron chi connectivity index (χ3n) is 3.36. The molecule has 1 aromatic carbocycles. The molecule has 0 saturated carbocycles. The van der Waals surface area contributed by atoms with Crippen LogP contribution in [0.5, 0.6) is 0 Å². The molecule has 4 heteroatoms. The summed E-state index contributed by atoms with van der Waals surface area (Å²) in [5.41, 5.74) is 3.47. The minimum absolute atomic E-state index is 0.195. The Kier molecular flexibility index (Phi) is 4.43. The first-order valence-corrected chi connectivity index (χ1v) is 7.48. The van der Waals surface area contributed by atoms with Crippen molar-refractivity contribution in [1.82, 2.24) is 0 Å². The molecular weight excluding hydrogens is 316 g/mol. The molecule has 0 saturated heterocycles. The van der Waals surface area contributed by atoms with Crippen molar-refractivity contribution in [3.05, 3.63) is 45.8 Å². The fourth-order valence-electron chi connectivity index (χ4n) is 2.41. The number of anilines is 2. The Labute approximate surface area is 129 Å². The molecule has 0 fully saturated rings. The number of nitrogens with one attached hydrogen (secondary N) is 1. The van der Waals surface area contributed by atoms with Crippen LogP contribution in [-0.4, -0.2) is 14.1 Å². The summed E-state index contributed by atoms with van der Waals surface area (Å²) in [7, 11) is 4.10. The van der Waals surface area contributed by atoms with Gasteiger partial charge in [-0.05, 0) is 45.0 Å². The van der Waals surface area contributed by atoms with Crippen molar-refractivity contribution in [1.29, 1.82) is 0 Å². The number of aryl methyl sites for hydroxylation is 2. The van der Waals surface area contributed by atoms with Gasteiger partial charge < -0.3 is 14.6 Å². The van der Waals surface area contributed by atoms with E-state index in [9.17, 15) is 0 Å². The van der Waals surface area contributed by atoms with Crippen molar-refractivity contribution in [3.63, 3.8) is 0 Å². The zero-order chi connectivity index (χ0) is 14.9. The zero-order valence-corrected chi connectivity index (χ0v) is 14.2. The standard InChI is InChI=1S/C16H21BrN2O/c1-10-8-14(12(3)20-10)11(2)18-15-9-13(17)6-7-16(15)19(4)5/h6-9,11,18H,1-5H3. The van der Waals surface area contributed by atoms with E-state index in [0.29, 0.717) is 0 Å². The molecule has 1 unspecified atom stereocenters. The van der Waals surface area contributed by atoms with Gasteiger partial charge in [0.25, 0.3) is 0 Å². The van der Waals surface area contributed by atoms with Gasteiger partial charge in [0.15, 0.2) is 0 Å². The van der Waals surface area contributed by atoms with E-state index < -0.39 is 0 Å². The topological polar surface area (TPSA) is 28.4 Å². The average Bonchev–Trinajstić information content (AvgIpc) is 2.68. The molecule has 108 valence electrons. The average molecular weight is 337 g/mol. The van der Waals surface area contributed by atoms with Crippen LogP contribution in [0.25, 0.3) is 0 Å². The number of furan rings is 1. The first-order chi connectivity index (χ1) is 9.38. The molecule has 1 aromatic heterocycles. The monoisotopic (exact) mass is 336 g/mol. The highest BCUT2D eigenvalue weighted by Gasteiger charge is 2.14. The molecule has 1 atom stereocenters. The molecule has 20 heavy (non-hydrogen) atoms. The van der Waals surface area contributed by atoms with Crippen LogP contribution >= 0.6 is 15.9 Å². The Balaban J connectivity index is 2.29. The van der Waals surface area contributed by atoms with E-state index in [-0.39, 0.29) is 6.04 Å². The maximum absolute atomic E-state index is 5.62. The Hall–Kier alpha value is -1.42. The number of rotatable bonds is 4. The summed E-state index contributed by atoms with van der Waals surface area (Å²) in [6.45, 7) is 6.14. The summed E-state index contributed by atoms with van der Waals surface area (Å²) in [6.07, 6.45) is 0. The van der Waals surface area contributed by atoms with Gasteiger partial charge in [0.1, 0.15) is 11.5 Å². The fourth-order valence-corrected chi connectivity index (χ4v) is 2.77. The Morgan fingerprint density at radius 1 is 1.20 bits per heavy atom. The maximum Gasteiger partial charge on any atom is 0.106 e. The van der Waals surface area contributed by atoms with Crippen LogP contribution in [0.3, 0.4) is 0 Å². The van der Waals surface area contributed by atoms with E-state index in [1.54, 1.807) is 0 Å². The van der Waals surface area contributed by atoms with E-state index in [2.05, 4.69) is 57.3 Å². The van der Waals surface area contributed by atoms with Crippen LogP contribution in [0.15, 0.2) is 33.2 Å². The van der Waals surface area contributed by atoms with Gasteiger partial charge in [-0.1, -0.05) is 15.9 Å². The number of halogens is 1. The first kappa shape index (κ1) is 15.0. The van der Waals surface area contributed by atoms with Crippen LogP contribution in [0.4, 0.5) is 11.4 Å². The Morgan fingerprint density at radius 3 is 2.45 bits per heavy atom. The summed E-state index contributed by atoms with van der Waals surface area (Å²) >= 11 is 3.53. The smallest absolute Gasteiger partial charge is 0.106 e. The highest BCUT2D eigenvalue weighted by atomic mass is 79.9. The zero-order valence-electron chi connectivity index (χ0n) is 12.6. The van der Waals surface area contributed by atoms with Crippen LogP contribution in [-0.2, 0) is 0 Å². The molecule has 0 aliphatic heterocycles. The molecule has 0 aliphatic rings. The predicted octanol–water partition coefficient (Wildman–Crippen LogP) is 4.90. The van der Waals surface area contributed by atoms with Crippen molar-refractivity contribution in [2.24, 2.45) is 0 Å². The summed E-state index contributed by atoms with van der Waals surface area (Å²) in [4.78, 5) is 2.11. The lowest BCUT2D eigenvalue weighted by Gasteiger charge is -2.22. The molecule has 1 heterocycles. The van der Waals surface area contributed by atoms with Gasteiger partial charge in [0.05, 0.1) is 17.4 Å². The molecule has 0 bridgehead atoms. The van der Waals surface area contributed by atoms with Gasteiger partial charge in [-0.3, -0.25) is 0 Å². The predicted molar refractivity (Wildman–Crippen MR) is 88.7 cm³/mol. The van der Waals surface area contributed by atoms with E-state index in [1.165, 1.54) is 5.56 Å². The van der Waals surface area contributed by atoms with Gasteiger partial charge in [0, 0.05) is 24.1 Å². The van der Waals surface area contributed by atoms with Crippen LogP contribution < -0.4 is 10.2 Å². The van der Waals surface area contributed by atoms with Crippen molar-refractivity contribution in [2.45, 2.75) is 26.8 Å². The summed E-state index contributed by atoms with van der Waals surface area (Å²) in [6, 6.07) is 8.56. The van der Waals surface area contributed by atoms with Gasteiger partial charge in [-0.25, -0.2) is 0 Å². The third kappa shape index (κ3) is 3.18. The summed E-state index contributed by atoms with van der Waals surface area (Å²) in [5, 5.41) is 3.57. The van der Waals surface area contributed by atoms with E-state index in [1.807, 2.05) is 27.9 Å². The second-order valence-electron chi connectivity index (χ2n) is 5.29. The molecule has 0 aliphatic carbocycles. The van der Waals surface area contributed by atoms with Crippen LogP contribution in [0.2, 0.25) is 0 Å². The molecule has 1 N–H and O–H groups in total. The summed E-state index contributed by atoms with van der Waals surface area (Å²) < 4.78 is 6.68. The van der Waals surface area contributed by atoms with Gasteiger partial charge in [0.2, 0.25) is 0 Å². The van der Waals surface area contributed by atoms with Gasteiger partial charge in [-0.15, -0.1) is 0 Å². The fraction of sp³-hybridized carbons (Fsp3) is 0.375. The van der Waals surface area contributed by atoms with Crippen LogP contribution in [0.1, 0.15) is 30.0 Å². The van der Waals surface area contributed by atoms with E-state index >= 15 is 0 Å². The van der Waals surface area contributed by atoms with Crippen molar-refractivity contribution in [2.75, 3.05) is 24.3 Å². The number of nitrogens with zero attached hydrogens (tertiary/aromatic N) is 1. The van der Waals surface area contributed by atoms with Gasteiger partial charge in [-0.2, -0.15) is 0 Å². The SMILES string of the molecule is Cc1cc(C(C)Nc2cc(Br)ccc2N(C)C)c(C)o1. The second kappa shape index (κ2) is 5.92. The Morgan fingerprint density at radius 2 is 1.90 bits per heavy atom. The van der Waals surface area contributed by atoms with Crippen LogP contribution in [0, 0.1) is 13.8 Å². The van der Waals surface area contributed by atoms with Crippen molar-refractivity contribution in [3.8, 4) is 0 Å². The molecule has 0 amide bonds. The molecule has 0 spiro atoms. The number of hydrogen-bond acceptors (Lipinski definition) is 3. The molecular formula is C16H21BrN2O. The lowest BCUT2D eigenvalue weighted by Crippen LogP contribution is -2.14. The third-order valence-corrected chi connectivity index (χ3v) is 3.85.